The van der Waals surface area contributed by atoms with Crippen molar-refractivity contribution in [2.24, 2.45) is 4.99 Å². The zero-order chi connectivity index (χ0) is 18.9. The summed E-state index contributed by atoms with van der Waals surface area (Å²) in [5, 5.41) is 9.71. The summed E-state index contributed by atoms with van der Waals surface area (Å²) in [6.07, 6.45) is 7.90. The molecule has 3 N–H and O–H groups in total. The van der Waals surface area contributed by atoms with E-state index in [4.69, 9.17) is 4.42 Å². The van der Waals surface area contributed by atoms with E-state index in [1.807, 2.05) is 36.4 Å². The minimum absolute atomic E-state index is 0. The standard InChI is InChI=1S/C21H28N4O2.HI/c1-22-21(25-18-9-3-2-4-10-18)24-14-16-7-5-8-17(13-16)20(26)23-15-19-11-6-12-27-19;/h5-8,11-13,18H,2-4,9-10,14-15H2,1H3,(H,23,26)(H2,22,24,25);1H. The molecule has 0 radical (unpaired) electrons. The minimum atomic E-state index is -0.113. The third-order valence-electron chi connectivity index (χ3n) is 4.82. The van der Waals surface area contributed by atoms with E-state index < -0.39 is 0 Å². The highest BCUT2D eigenvalue weighted by Crippen LogP contribution is 2.17. The Morgan fingerprint density at radius 1 is 1.11 bits per heavy atom. The fourth-order valence-electron chi connectivity index (χ4n) is 3.33. The smallest absolute Gasteiger partial charge is 0.251 e. The van der Waals surface area contributed by atoms with Crippen molar-refractivity contribution in [3.63, 3.8) is 0 Å². The monoisotopic (exact) mass is 496 g/mol. The maximum Gasteiger partial charge on any atom is 0.251 e. The number of halogens is 1. The lowest BCUT2D eigenvalue weighted by Crippen LogP contribution is -2.43. The van der Waals surface area contributed by atoms with Gasteiger partial charge in [0.2, 0.25) is 0 Å². The fraction of sp³-hybridized carbons (Fsp3) is 0.429. The summed E-state index contributed by atoms with van der Waals surface area (Å²) < 4.78 is 5.24. The third kappa shape index (κ3) is 6.85. The number of benzene rings is 1. The largest absolute Gasteiger partial charge is 0.467 e. The molecule has 1 fully saturated rings. The number of amides is 1. The third-order valence-corrected chi connectivity index (χ3v) is 4.82. The Hall–Kier alpha value is -2.03. The first-order chi connectivity index (χ1) is 13.2. The van der Waals surface area contributed by atoms with Gasteiger partial charge in [-0.15, -0.1) is 24.0 Å². The number of nitrogens with one attached hydrogen (secondary N) is 3. The van der Waals surface area contributed by atoms with Crippen LogP contribution in [-0.4, -0.2) is 25.0 Å². The van der Waals surface area contributed by atoms with Gasteiger partial charge in [-0.05, 0) is 42.7 Å². The highest BCUT2D eigenvalue weighted by molar-refractivity contribution is 14.0. The molecule has 0 atom stereocenters. The summed E-state index contributed by atoms with van der Waals surface area (Å²) in [5.41, 5.74) is 1.67. The molecule has 0 spiro atoms. The van der Waals surface area contributed by atoms with Gasteiger partial charge >= 0.3 is 0 Å². The molecule has 28 heavy (non-hydrogen) atoms. The zero-order valence-electron chi connectivity index (χ0n) is 16.2. The van der Waals surface area contributed by atoms with Crippen molar-refractivity contribution in [2.75, 3.05) is 7.05 Å². The van der Waals surface area contributed by atoms with Crippen LogP contribution in [-0.2, 0) is 13.1 Å². The van der Waals surface area contributed by atoms with Crippen molar-refractivity contribution in [1.29, 1.82) is 0 Å². The molecular formula is C21H29IN4O2. The molecule has 152 valence electrons. The lowest BCUT2D eigenvalue weighted by Gasteiger charge is -2.24. The molecule has 2 aromatic rings. The summed E-state index contributed by atoms with van der Waals surface area (Å²) >= 11 is 0. The van der Waals surface area contributed by atoms with Gasteiger partial charge in [-0.2, -0.15) is 0 Å². The summed E-state index contributed by atoms with van der Waals surface area (Å²) in [5.74, 6) is 1.44. The molecule has 1 aliphatic rings. The maximum atomic E-state index is 12.3. The Bertz CT molecular complexity index is 756. The average Bonchev–Trinajstić information content (AvgIpc) is 3.24. The first-order valence-electron chi connectivity index (χ1n) is 9.61. The molecule has 1 aliphatic carbocycles. The summed E-state index contributed by atoms with van der Waals surface area (Å²) in [6, 6.07) is 11.8. The Morgan fingerprint density at radius 2 is 1.93 bits per heavy atom. The van der Waals surface area contributed by atoms with Crippen molar-refractivity contribution < 1.29 is 9.21 Å². The molecule has 1 heterocycles. The summed E-state index contributed by atoms with van der Waals surface area (Å²) in [6.45, 7) is 0.998. The second-order valence-corrected chi connectivity index (χ2v) is 6.87. The molecule has 0 bridgehead atoms. The second kappa shape index (κ2) is 11.7. The molecule has 1 amide bonds. The van der Waals surface area contributed by atoms with Crippen molar-refractivity contribution in [1.82, 2.24) is 16.0 Å². The predicted octanol–water partition coefficient (Wildman–Crippen LogP) is 3.83. The molecule has 3 rings (SSSR count). The van der Waals surface area contributed by atoms with Crippen LogP contribution < -0.4 is 16.0 Å². The Kier molecular flexibility index (Phi) is 9.33. The van der Waals surface area contributed by atoms with Gasteiger partial charge < -0.3 is 20.4 Å². The zero-order valence-corrected chi connectivity index (χ0v) is 18.6. The topological polar surface area (TPSA) is 78.7 Å². The van der Waals surface area contributed by atoms with Gasteiger partial charge in [0.25, 0.3) is 5.91 Å². The van der Waals surface area contributed by atoms with E-state index in [9.17, 15) is 4.79 Å². The quantitative estimate of drug-likeness (QED) is 0.323. The van der Waals surface area contributed by atoms with Crippen LogP contribution in [0.4, 0.5) is 0 Å². The van der Waals surface area contributed by atoms with E-state index in [1.165, 1.54) is 32.1 Å². The van der Waals surface area contributed by atoms with E-state index in [2.05, 4.69) is 20.9 Å². The number of furan rings is 1. The average molecular weight is 496 g/mol. The van der Waals surface area contributed by atoms with Crippen molar-refractivity contribution in [3.05, 3.63) is 59.5 Å². The van der Waals surface area contributed by atoms with E-state index >= 15 is 0 Å². The fourth-order valence-corrected chi connectivity index (χ4v) is 3.33. The van der Waals surface area contributed by atoms with Crippen molar-refractivity contribution in [3.8, 4) is 0 Å². The molecule has 6 nitrogen and oxygen atoms in total. The van der Waals surface area contributed by atoms with Gasteiger partial charge in [0.05, 0.1) is 12.8 Å². The highest BCUT2D eigenvalue weighted by Gasteiger charge is 2.14. The molecule has 7 heteroatoms. The van der Waals surface area contributed by atoms with Gasteiger partial charge in [0.1, 0.15) is 5.76 Å². The summed E-state index contributed by atoms with van der Waals surface area (Å²) in [4.78, 5) is 16.7. The lowest BCUT2D eigenvalue weighted by molar-refractivity contribution is 0.0948. The first kappa shape index (κ1) is 22.3. The normalized spacial score (nSPS) is 14.8. The molecular weight excluding hydrogens is 467 g/mol. The van der Waals surface area contributed by atoms with E-state index in [1.54, 1.807) is 13.3 Å². The number of nitrogens with zero attached hydrogens (tertiary/aromatic N) is 1. The van der Waals surface area contributed by atoms with Crippen LogP contribution in [0.25, 0.3) is 0 Å². The molecule has 1 aromatic carbocycles. The molecule has 1 aromatic heterocycles. The van der Waals surface area contributed by atoms with Gasteiger partial charge in [0.15, 0.2) is 5.96 Å². The number of carbonyl (C=O) groups is 1. The van der Waals surface area contributed by atoms with E-state index in [-0.39, 0.29) is 29.9 Å². The van der Waals surface area contributed by atoms with Gasteiger partial charge in [-0.1, -0.05) is 31.4 Å². The molecule has 0 saturated heterocycles. The van der Waals surface area contributed by atoms with E-state index in [0.717, 1.165) is 17.3 Å². The number of hydrogen-bond donors (Lipinski definition) is 3. The van der Waals surface area contributed by atoms with Crippen LogP contribution in [0, 0.1) is 0 Å². The minimum Gasteiger partial charge on any atom is -0.467 e. The highest BCUT2D eigenvalue weighted by atomic mass is 127. The number of carbonyl (C=O) groups excluding carboxylic acids is 1. The van der Waals surface area contributed by atoms with Gasteiger partial charge in [0, 0.05) is 25.2 Å². The van der Waals surface area contributed by atoms with Crippen LogP contribution in [0.15, 0.2) is 52.1 Å². The number of aliphatic imine (C=N–C) groups is 1. The van der Waals surface area contributed by atoms with Crippen LogP contribution >= 0.6 is 24.0 Å². The molecule has 0 aliphatic heterocycles. The SMILES string of the molecule is CN=C(NCc1cccc(C(=O)NCc2ccco2)c1)NC1CCCCC1.I. The van der Waals surface area contributed by atoms with Crippen LogP contribution in [0.2, 0.25) is 0 Å². The summed E-state index contributed by atoms with van der Waals surface area (Å²) in [7, 11) is 1.79. The Labute approximate surface area is 183 Å². The van der Waals surface area contributed by atoms with Crippen LogP contribution in [0.5, 0.6) is 0 Å². The number of rotatable bonds is 6. The van der Waals surface area contributed by atoms with E-state index in [0.29, 0.717) is 24.7 Å². The van der Waals surface area contributed by atoms with Gasteiger partial charge in [-0.25, -0.2) is 0 Å². The maximum absolute atomic E-state index is 12.3. The predicted molar refractivity (Wildman–Crippen MR) is 122 cm³/mol. The second-order valence-electron chi connectivity index (χ2n) is 6.87. The van der Waals surface area contributed by atoms with Crippen molar-refractivity contribution in [2.45, 2.75) is 51.2 Å². The molecule has 1 saturated carbocycles. The van der Waals surface area contributed by atoms with Crippen LogP contribution in [0.3, 0.4) is 0 Å². The first-order valence-corrected chi connectivity index (χ1v) is 9.61. The Morgan fingerprint density at radius 3 is 2.64 bits per heavy atom. The van der Waals surface area contributed by atoms with Crippen LogP contribution in [0.1, 0.15) is 53.8 Å². The van der Waals surface area contributed by atoms with Gasteiger partial charge in [-0.3, -0.25) is 9.79 Å². The lowest BCUT2D eigenvalue weighted by atomic mass is 9.96. The number of hydrogen-bond acceptors (Lipinski definition) is 3. The Balaban J connectivity index is 0.00000280. The number of guanidine groups is 1. The molecule has 0 unspecified atom stereocenters. The van der Waals surface area contributed by atoms with Crippen molar-refractivity contribution >= 4 is 35.8 Å².